The van der Waals surface area contributed by atoms with Gasteiger partial charge in [0.2, 0.25) is 11.5 Å². The molecular weight excluding hydrogens is 568 g/mol. The molecule has 2 atom stereocenters. The molecule has 0 saturated carbocycles. The highest BCUT2D eigenvalue weighted by atomic mass is 19.4. The number of nitrogens with zero attached hydrogens (tertiary/aromatic N) is 3. The molecule has 13 heteroatoms. The molecule has 1 aromatic heterocycles. The van der Waals surface area contributed by atoms with Gasteiger partial charge in [-0.25, -0.2) is 13.2 Å². The van der Waals surface area contributed by atoms with Crippen molar-refractivity contribution in [3.05, 3.63) is 89.0 Å². The maximum Gasteiger partial charge on any atom is 0.408 e. The summed E-state index contributed by atoms with van der Waals surface area (Å²) in [5.74, 6) is -3.12. The number of pyridine rings is 1. The van der Waals surface area contributed by atoms with Crippen molar-refractivity contribution in [3.63, 3.8) is 0 Å². The van der Waals surface area contributed by atoms with Crippen LogP contribution in [0.5, 0.6) is 0 Å². The minimum Gasteiger partial charge on any atom is -0.332 e. The van der Waals surface area contributed by atoms with Crippen LogP contribution in [0.1, 0.15) is 35.7 Å². The molecule has 2 aliphatic rings. The van der Waals surface area contributed by atoms with Crippen molar-refractivity contribution in [2.75, 3.05) is 13.3 Å². The second-order valence-electron chi connectivity index (χ2n) is 10.1. The van der Waals surface area contributed by atoms with Crippen LogP contribution in [0.3, 0.4) is 0 Å². The first-order valence-corrected chi connectivity index (χ1v) is 12.8. The molecule has 0 N–H and O–H groups in total. The monoisotopic (exact) mass is 591 g/mol. The molecular formula is C29H23F6N3O4. The second kappa shape index (κ2) is 10.9. The summed E-state index contributed by atoms with van der Waals surface area (Å²) in [6.45, 7) is -0.992. The molecule has 1 spiro atoms. The van der Waals surface area contributed by atoms with Gasteiger partial charge in [0.25, 0.3) is 12.3 Å². The van der Waals surface area contributed by atoms with E-state index in [1.165, 1.54) is 36.5 Å². The average Bonchev–Trinajstić information content (AvgIpc) is 3.43. The van der Waals surface area contributed by atoms with Crippen LogP contribution in [0.4, 0.5) is 26.3 Å². The lowest BCUT2D eigenvalue weighted by molar-refractivity contribution is -0.187. The molecule has 42 heavy (non-hydrogen) atoms. The Hall–Kier alpha value is -4.26. The van der Waals surface area contributed by atoms with Gasteiger partial charge in [0, 0.05) is 30.3 Å². The molecule has 2 aromatic carbocycles. The van der Waals surface area contributed by atoms with Crippen LogP contribution >= 0.6 is 0 Å². The van der Waals surface area contributed by atoms with Crippen molar-refractivity contribution in [2.24, 2.45) is 0 Å². The third-order valence-corrected chi connectivity index (χ3v) is 7.45. The van der Waals surface area contributed by atoms with Crippen molar-refractivity contribution >= 4 is 17.6 Å². The van der Waals surface area contributed by atoms with E-state index >= 15 is 0 Å². The molecule has 5 rings (SSSR count). The van der Waals surface area contributed by atoms with Crippen LogP contribution < -0.4 is 0 Å². The smallest absolute Gasteiger partial charge is 0.332 e. The molecule has 1 fully saturated rings. The lowest BCUT2D eigenvalue weighted by atomic mass is 9.92. The fraction of sp³-hybridized carbons (Fsp3) is 0.310. The number of benzene rings is 2. The van der Waals surface area contributed by atoms with Crippen LogP contribution in [0, 0.1) is 5.82 Å². The molecule has 7 nitrogen and oxygen atoms in total. The minimum absolute atomic E-state index is 0.193. The van der Waals surface area contributed by atoms with E-state index in [2.05, 4.69) is 4.98 Å². The van der Waals surface area contributed by atoms with Crippen molar-refractivity contribution in [3.8, 4) is 11.1 Å². The summed E-state index contributed by atoms with van der Waals surface area (Å²) < 4.78 is 85.6. The highest BCUT2D eigenvalue weighted by Gasteiger charge is 2.59. The zero-order valence-electron chi connectivity index (χ0n) is 22.0. The first-order chi connectivity index (χ1) is 19.8. The van der Waals surface area contributed by atoms with E-state index in [9.17, 15) is 40.7 Å². The molecule has 0 radical (unpaired) electrons. The largest absolute Gasteiger partial charge is 0.408 e. The number of halogens is 6. The number of ether oxygens (including phenoxy) is 1. The number of carbonyl (C=O) groups is 3. The Balaban J connectivity index is 1.37. The van der Waals surface area contributed by atoms with Gasteiger partial charge in [-0.2, -0.15) is 13.2 Å². The minimum atomic E-state index is -4.78. The van der Waals surface area contributed by atoms with Crippen molar-refractivity contribution in [1.82, 2.24) is 14.8 Å². The van der Waals surface area contributed by atoms with Crippen molar-refractivity contribution in [1.29, 1.82) is 0 Å². The van der Waals surface area contributed by atoms with Crippen LogP contribution in [0.15, 0.2) is 60.8 Å². The summed E-state index contributed by atoms with van der Waals surface area (Å²) in [5, 5.41) is 0. The number of hydrogen-bond acceptors (Lipinski definition) is 5. The first kappa shape index (κ1) is 29.2. The number of fused-ring (bicyclic) bond motifs is 2. The Morgan fingerprint density at radius 2 is 1.76 bits per heavy atom. The average molecular weight is 592 g/mol. The molecule has 1 aliphatic heterocycles. The zero-order valence-corrected chi connectivity index (χ0v) is 22.0. The molecule has 1 aliphatic carbocycles. The molecule has 220 valence electrons. The summed E-state index contributed by atoms with van der Waals surface area (Å²) in [6.07, 6.45) is -6.44. The van der Waals surface area contributed by atoms with Gasteiger partial charge in [0.1, 0.15) is 30.8 Å². The summed E-state index contributed by atoms with van der Waals surface area (Å²) in [6, 6.07) is 9.70. The Morgan fingerprint density at radius 3 is 2.38 bits per heavy atom. The Kier molecular flexibility index (Phi) is 7.56. The van der Waals surface area contributed by atoms with Gasteiger partial charge in [0.05, 0.1) is 0 Å². The summed E-state index contributed by atoms with van der Waals surface area (Å²) in [5.41, 5.74) is -0.460. The summed E-state index contributed by atoms with van der Waals surface area (Å²) >= 11 is 0. The van der Waals surface area contributed by atoms with E-state index in [1.807, 2.05) is 0 Å². The molecule has 3 aromatic rings. The number of amides is 2. The summed E-state index contributed by atoms with van der Waals surface area (Å²) in [4.78, 5) is 45.0. The Morgan fingerprint density at radius 1 is 1.07 bits per heavy atom. The van der Waals surface area contributed by atoms with Gasteiger partial charge in [-0.15, -0.1) is 0 Å². The van der Waals surface area contributed by atoms with Crippen molar-refractivity contribution < 1.29 is 45.5 Å². The van der Waals surface area contributed by atoms with Crippen LogP contribution in [0.25, 0.3) is 11.1 Å². The van der Waals surface area contributed by atoms with E-state index in [1.54, 1.807) is 12.1 Å². The van der Waals surface area contributed by atoms with Gasteiger partial charge in [-0.1, -0.05) is 36.4 Å². The van der Waals surface area contributed by atoms with Gasteiger partial charge < -0.3 is 14.5 Å². The molecule has 0 bridgehead atoms. The van der Waals surface area contributed by atoms with E-state index in [-0.39, 0.29) is 17.5 Å². The third-order valence-electron chi connectivity index (χ3n) is 7.45. The lowest BCUT2D eigenvalue weighted by Crippen LogP contribution is -2.51. The van der Waals surface area contributed by atoms with E-state index in [0.29, 0.717) is 21.6 Å². The Labute approximate surface area is 235 Å². The first-order valence-electron chi connectivity index (χ1n) is 12.8. The van der Waals surface area contributed by atoms with E-state index in [4.69, 9.17) is 4.74 Å². The maximum absolute atomic E-state index is 13.6. The lowest BCUT2D eigenvalue weighted by Gasteiger charge is -2.32. The van der Waals surface area contributed by atoms with E-state index < -0.39 is 73.2 Å². The number of rotatable bonds is 7. The fourth-order valence-corrected chi connectivity index (χ4v) is 5.10. The second-order valence-corrected chi connectivity index (χ2v) is 10.1. The Bertz CT molecular complexity index is 1530. The summed E-state index contributed by atoms with van der Waals surface area (Å²) in [7, 11) is 0. The zero-order chi connectivity index (χ0) is 30.4. The van der Waals surface area contributed by atoms with Crippen LogP contribution in [0.2, 0.25) is 0 Å². The number of ketones is 1. The molecule has 1 unspecified atom stereocenters. The highest BCUT2D eigenvalue weighted by molar-refractivity contribution is 6.15. The quantitative estimate of drug-likeness (QED) is 0.287. The number of hydrogen-bond donors (Lipinski definition) is 0. The third kappa shape index (κ3) is 5.24. The van der Waals surface area contributed by atoms with Crippen molar-refractivity contribution in [2.45, 2.75) is 44.1 Å². The van der Waals surface area contributed by atoms with Crippen LogP contribution in [-0.4, -0.2) is 57.9 Å². The topological polar surface area (TPSA) is 79.8 Å². The molecule has 1 saturated heterocycles. The number of aromatic nitrogens is 1. The fourth-order valence-electron chi connectivity index (χ4n) is 5.10. The highest BCUT2D eigenvalue weighted by Crippen LogP contribution is 2.43. The number of carbonyl (C=O) groups excluding carboxylic acids is 3. The van der Waals surface area contributed by atoms with Gasteiger partial charge in [0.15, 0.2) is 5.78 Å². The van der Waals surface area contributed by atoms with Gasteiger partial charge in [-0.3, -0.25) is 19.4 Å². The van der Waals surface area contributed by atoms with E-state index in [0.717, 1.165) is 24.0 Å². The number of alkyl halides is 5. The van der Waals surface area contributed by atoms with Crippen LogP contribution in [-0.2, 0) is 37.7 Å². The standard InChI is InChI=1S/C29H23F6N3O4/c1-16(29(33,34)35)38(13-17-2-6-21(30)7-3-17)25(40)14-37-15-42-28(27(37)41)22-8-4-18(10-20(22)11-24(28)39)19-5-9-23(26(31)32)36-12-19/h2-10,12,16,26H,11,13-15H2,1H3/t16?,28-/m1/s1. The predicted molar refractivity (Wildman–Crippen MR) is 135 cm³/mol. The molecule has 2 amide bonds. The van der Waals surface area contributed by atoms with Gasteiger partial charge >= 0.3 is 6.18 Å². The number of Topliss-reactive ketones (excluding diaryl/α,β-unsaturated/α-hetero) is 1. The normalized spacial score (nSPS) is 19.1. The van der Waals surface area contributed by atoms with Gasteiger partial charge in [-0.05, 0) is 41.8 Å². The SMILES string of the molecule is CC(N(Cc1ccc(F)cc1)C(=O)CN1CO[C@]2(C(=O)Cc3cc(-c4ccc(C(F)F)nc4)ccc32)C1=O)C(F)(F)F. The maximum atomic E-state index is 13.6. The molecule has 2 heterocycles. The predicted octanol–water partition coefficient (Wildman–Crippen LogP) is 4.94.